The van der Waals surface area contributed by atoms with E-state index in [1.807, 2.05) is 55.1 Å². The first-order valence-corrected chi connectivity index (χ1v) is 12.3. The van der Waals surface area contributed by atoms with Crippen LogP contribution in [0.1, 0.15) is 34.3 Å². The van der Waals surface area contributed by atoms with Crippen LogP contribution in [0.2, 0.25) is 0 Å². The molecular weight excluding hydrogens is 404 g/mol. The van der Waals surface area contributed by atoms with E-state index < -0.39 is 10.0 Å². The molecule has 2 heterocycles. The average molecular weight is 431 g/mol. The highest BCUT2D eigenvalue weighted by Gasteiger charge is 2.48. The summed E-state index contributed by atoms with van der Waals surface area (Å²) in [6, 6.07) is 14.7. The van der Waals surface area contributed by atoms with Crippen LogP contribution in [0, 0.1) is 13.8 Å². The third kappa shape index (κ3) is 3.83. The summed E-state index contributed by atoms with van der Waals surface area (Å²) in [5.41, 5.74) is 2.81. The van der Waals surface area contributed by atoms with Crippen LogP contribution in [0.15, 0.2) is 53.4 Å². The van der Waals surface area contributed by atoms with Gasteiger partial charge in [-0.25, -0.2) is 8.42 Å². The van der Waals surface area contributed by atoms with Gasteiger partial charge in [0.2, 0.25) is 10.0 Å². The largest absolute Gasteiger partial charge is 0.323 e. The SMILES string of the molecule is Cc1ccc(S(=O)(=O)N2CCC3(CC2)SCCN3C(=O)c2cccc(C)c2)cc1. The zero-order valence-electron chi connectivity index (χ0n) is 16.8. The van der Waals surface area contributed by atoms with Gasteiger partial charge in [0.1, 0.15) is 0 Å². The summed E-state index contributed by atoms with van der Waals surface area (Å²) in [6.45, 7) is 5.50. The van der Waals surface area contributed by atoms with E-state index in [4.69, 9.17) is 0 Å². The first-order valence-electron chi connectivity index (χ1n) is 9.91. The Morgan fingerprint density at radius 2 is 1.66 bits per heavy atom. The lowest BCUT2D eigenvalue weighted by molar-refractivity contribution is 0.0605. The van der Waals surface area contributed by atoms with E-state index in [0.717, 1.165) is 16.9 Å². The molecule has 0 aliphatic carbocycles. The second-order valence-corrected chi connectivity index (χ2v) is 11.2. The molecule has 2 saturated heterocycles. The van der Waals surface area contributed by atoms with E-state index in [-0.39, 0.29) is 10.8 Å². The average Bonchev–Trinajstić information content (AvgIpc) is 3.11. The summed E-state index contributed by atoms with van der Waals surface area (Å²) < 4.78 is 27.6. The van der Waals surface area contributed by atoms with Crippen LogP contribution in [0.3, 0.4) is 0 Å². The highest BCUT2D eigenvalue weighted by molar-refractivity contribution is 8.00. The number of benzene rings is 2. The van der Waals surface area contributed by atoms with Gasteiger partial charge in [-0.1, -0.05) is 35.4 Å². The van der Waals surface area contributed by atoms with Gasteiger partial charge in [0.25, 0.3) is 5.91 Å². The number of hydrogen-bond acceptors (Lipinski definition) is 4. The van der Waals surface area contributed by atoms with Crippen molar-refractivity contribution in [2.24, 2.45) is 0 Å². The maximum atomic E-state index is 13.2. The maximum absolute atomic E-state index is 13.2. The highest BCUT2D eigenvalue weighted by Crippen LogP contribution is 2.45. The van der Waals surface area contributed by atoms with Crippen LogP contribution < -0.4 is 0 Å². The Hall–Kier alpha value is -1.83. The number of carbonyl (C=O) groups is 1. The maximum Gasteiger partial charge on any atom is 0.255 e. The van der Waals surface area contributed by atoms with Crippen LogP contribution in [0.25, 0.3) is 0 Å². The molecule has 0 bridgehead atoms. The van der Waals surface area contributed by atoms with Crippen molar-refractivity contribution < 1.29 is 13.2 Å². The quantitative estimate of drug-likeness (QED) is 0.746. The van der Waals surface area contributed by atoms with Crippen molar-refractivity contribution in [3.8, 4) is 0 Å². The fourth-order valence-corrected chi connectivity index (χ4v) is 7.08. The summed E-state index contributed by atoms with van der Waals surface area (Å²) in [4.78, 5) is 15.2. The third-order valence-corrected chi connectivity index (χ3v) is 9.32. The van der Waals surface area contributed by atoms with Crippen molar-refractivity contribution in [1.29, 1.82) is 0 Å². The van der Waals surface area contributed by atoms with Gasteiger partial charge < -0.3 is 4.90 Å². The molecule has 29 heavy (non-hydrogen) atoms. The summed E-state index contributed by atoms with van der Waals surface area (Å²) in [5.74, 6) is 0.941. The van der Waals surface area contributed by atoms with Gasteiger partial charge in [0.05, 0.1) is 9.77 Å². The predicted molar refractivity (Wildman–Crippen MR) is 117 cm³/mol. The van der Waals surface area contributed by atoms with Crippen molar-refractivity contribution >= 4 is 27.7 Å². The molecular formula is C22H26N2O3S2. The Morgan fingerprint density at radius 1 is 0.966 bits per heavy atom. The molecule has 2 fully saturated rings. The van der Waals surface area contributed by atoms with Crippen molar-refractivity contribution in [2.45, 2.75) is 36.5 Å². The normalized spacial score (nSPS) is 19.6. The number of carbonyl (C=O) groups excluding carboxylic acids is 1. The minimum Gasteiger partial charge on any atom is -0.323 e. The molecule has 0 aromatic heterocycles. The van der Waals surface area contributed by atoms with Gasteiger partial charge >= 0.3 is 0 Å². The Morgan fingerprint density at radius 3 is 2.31 bits per heavy atom. The molecule has 154 valence electrons. The van der Waals surface area contributed by atoms with Gasteiger partial charge in [0, 0.05) is 31.0 Å². The van der Waals surface area contributed by atoms with Crippen LogP contribution in [-0.4, -0.2) is 53.8 Å². The fourth-order valence-electron chi connectivity index (χ4n) is 4.18. The minimum atomic E-state index is -3.50. The molecule has 0 atom stereocenters. The molecule has 7 heteroatoms. The molecule has 1 amide bonds. The van der Waals surface area contributed by atoms with E-state index in [2.05, 4.69) is 0 Å². The molecule has 1 spiro atoms. The Kier molecular flexibility index (Phi) is 5.48. The standard InChI is InChI=1S/C22H26N2O3S2/c1-17-6-8-20(9-7-17)29(26,27)23-12-10-22(11-13-23)24(14-15-28-22)21(25)19-5-3-4-18(2)16-19/h3-9,16H,10-15H2,1-2H3. The lowest BCUT2D eigenvalue weighted by Gasteiger charge is -2.43. The van der Waals surface area contributed by atoms with Crippen LogP contribution in [0.5, 0.6) is 0 Å². The van der Waals surface area contributed by atoms with Crippen LogP contribution in [0.4, 0.5) is 0 Å². The monoisotopic (exact) mass is 430 g/mol. The zero-order chi connectivity index (χ0) is 20.6. The summed E-state index contributed by atoms with van der Waals surface area (Å²) in [7, 11) is -3.50. The van der Waals surface area contributed by atoms with E-state index in [1.165, 1.54) is 0 Å². The number of thioether (sulfide) groups is 1. The minimum absolute atomic E-state index is 0.0496. The van der Waals surface area contributed by atoms with Crippen molar-refractivity contribution in [2.75, 3.05) is 25.4 Å². The number of nitrogens with zero attached hydrogens (tertiary/aromatic N) is 2. The Bertz CT molecular complexity index is 1010. The summed E-state index contributed by atoms with van der Waals surface area (Å²) >= 11 is 1.79. The molecule has 5 nitrogen and oxygen atoms in total. The number of rotatable bonds is 3. The molecule has 0 saturated carbocycles. The summed E-state index contributed by atoms with van der Waals surface area (Å²) in [6.07, 6.45) is 1.31. The first kappa shape index (κ1) is 20.4. The Balaban J connectivity index is 1.51. The fraction of sp³-hybridized carbons (Fsp3) is 0.409. The number of hydrogen-bond donors (Lipinski definition) is 0. The first-order chi connectivity index (χ1) is 13.8. The second kappa shape index (κ2) is 7.78. The van der Waals surface area contributed by atoms with Crippen LogP contribution in [-0.2, 0) is 10.0 Å². The van der Waals surface area contributed by atoms with Crippen molar-refractivity contribution in [1.82, 2.24) is 9.21 Å². The molecule has 0 N–H and O–H groups in total. The van der Waals surface area contributed by atoms with E-state index in [9.17, 15) is 13.2 Å². The molecule has 4 rings (SSSR count). The van der Waals surface area contributed by atoms with Gasteiger partial charge in [-0.3, -0.25) is 4.79 Å². The second-order valence-electron chi connectivity index (χ2n) is 7.84. The van der Waals surface area contributed by atoms with E-state index in [0.29, 0.717) is 42.9 Å². The zero-order valence-corrected chi connectivity index (χ0v) is 18.4. The molecule has 0 unspecified atom stereocenters. The lowest BCUT2D eigenvalue weighted by atomic mass is 10.0. The lowest BCUT2D eigenvalue weighted by Crippen LogP contribution is -2.53. The smallest absolute Gasteiger partial charge is 0.255 e. The number of amides is 1. The summed E-state index contributed by atoms with van der Waals surface area (Å²) in [5, 5.41) is 0. The molecule has 2 aromatic carbocycles. The number of piperidine rings is 1. The molecule has 2 aliphatic heterocycles. The topological polar surface area (TPSA) is 57.7 Å². The van der Waals surface area contributed by atoms with Gasteiger partial charge in [-0.05, 0) is 51.0 Å². The molecule has 2 aromatic rings. The van der Waals surface area contributed by atoms with Crippen molar-refractivity contribution in [3.63, 3.8) is 0 Å². The van der Waals surface area contributed by atoms with Crippen LogP contribution >= 0.6 is 11.8 Å². The van der Waals surface area contributed by atoms with Gasteiger partial charge in [-0.2, -0.15) is 4.31 Å². The van der Waals surface area contributed by atoms with Gasteiger partial charge in [-0.15, -0.1) is 11.8 Å². The molecule has 2 aliphatic rings. The number of aryl methyl sites for hydroxylation is 2. The number of sulfonamides is 1. The predicted octanol–water partition coefficient (Wildman–Crippen LogP) is 3.67. The van der Waals surface area contributed by atoms with E-state index >= 15 is 0 Å². The Labute approximate surface area is 177 Å². The van der Waals surface area contributed by atoms with Crippen molar-refractivity contribution in [3.05, 3.63) is 65.2 Å². The molecule has 0 radical (unpaired) electrons. The van der Waals surface area contributed by atoms with E-state index in [1.54, 1.807) is 28.2 Å². The van der Waals surface area contributed by atoms with Gasteiger partial charge in [0.15, 0.2) is 0 Å². The third-order valence-electron chi connectivity index (χ3n) is 5.85. The highest BCUT2D eigenvalue weighted by atomic mass is 32.2.